The third-order valence-electron chi connectivity index (χ3n) is 4.26. The first-order chi connectivity index (χ1) is 12.3. The maximum atomic E-state index is 6.07. The van der Waals surface area contributed by atoms with Gasteiger partial charge in [0.15, 0.2) is 11.5 Å². The molecule has 0 bridgehead atoms. The van der Waals surface area contributed by atoms with E-state index in [1.165, 1.54) is 0 Å². The molecule has 4 nitrogen and oxygen atoms in total. The fourth-order valence-corrected chi connectivity index (χ4v) is 3.19. The van der Waals surface area contributed by atoms with Crippen LogP contribution in [-0.4, -0.2) is 26.4 Å². The fraction of sp³-hybridized carbons (Fsp3) is 0.400. The number of nitrogens with one attached hydrogen (secondary N) is 1. The lowest BCUT2D eigenvalue weighted by Gasteiger charge is -2.17. The Hall–Kier alpha value is -1.75. The molecule has 1 aliphatic heterocycles. The highest BCUT2D eigenvalue weighted by Gasteiger charge is 2.16. The Morgan fingerprint density at radius 3 is 2.88 bits per heavy atom. The predicted molar refractivity (Wildman–Crippen MR) is 99.5 cm³/mol. The van der Waals surface area contributed by atoms with Crippen LogP contribution in [0.2, 0.25) is 5.02 Å². The maximum absolute atomic E-state index is 6.07. The second kappa shape index (κ2) is 9.09. The molecular formula is C20H24ClNO3. The molecule has 1 atom stereocenters. The van der Waals surface area contributed by atoms with Crippen molar-refractivity contribution >= 4 is 11.6 Å². The van der Waals surface area contributed by atoms with Gasteiger partial charge in [0.1, 0.15) is 6.61 Å². The molecule has 0 aromatic heterocycles. The Labute approximate surface area is 154 Å². The summed E-state index contributed by atoms with van der Waals surface area (Å²) in [6, 6.07) is 13.6. The predicted octanol–water partition coefficient (Wildman–Crippen LogP) is 4.20. The summed E-state index contributed by atoms with van der Waals surface area (Å²) < 4.78 is 17.2. The van der Waals surface area contributed by atoms with E-state index in [9.17, 15) is 0 Å². The summed E-state index contributed by atoms with van der Waals surface area (Å²) in [5, 5.41) is 4.17. The monoisotopic (exact) mass is 361 g/mol. The van der Waals surface area contributed by atoms with Gasteiger partial charge in [-0.3, -0.25) is 0 Å². The molecule has 0 aliphatic carbocycles. The quantitative estimate of drug-likeness (QED) is 0.765. The number of hydrogen-bond donors (Lipinski definition) is 1. The van der Waals surface area contributed by atoms with Crippen molar-refractivity contribution in [2.45, 2.75) is 32.1 Å². The van der Waals surface area contributed by atoms with Crippen molar-refractivity contribution in [1.82, 2.24) is 5.32 Å². The zero-order chi connectivity index (χ0) is 17.5. The van der Waals surface area contributed by atoms with Crippen molar-refractivity contribution in [1.29, 1.82) is 0 Å². The third-order valence-corrected chi connectivity index (χ3v) is 4.50. The van der Waals surface area contributed by atoms with Crippen molar-refractivity contribution in [2.24, 2.45) is 0 Å². The molecular weight excluding hydrogens is 338 g/mol. The summed E-state index contributed by atoms with van der Waals surface area (Å²) in [5.74, 6) is 1.50. The van der Waals surface area contributed by atoms with Gasteiger partial charge in [0, 0.05) is 30.3 Å². The average molecular weight is 362 g/mol. The Balaban J connectivity index is 1.65. The maximum Gasteiger partial charge on any atom is 0.166 e. The van der Waals surface area contributed by atoms with Gasteiger partial charge in [-0.1, -0.05) is 35.9 Å². The Bertz CT molecular complexity index is 686. The molecule has 0 amide bonds. The number of halogens is 1. The molecule has 5 heteroatoms. The summed E-state index contributed by atoms with van der Waals surface area (Å²) in [5.41, 5.74) is 2.09. The zero-order valence-corrected chi connectivity index (χ0v) is 15.2. The number of para-hydroxylation sites is 1. The van der Waals surface area contributed by atoms with Crippen LogP contribution in [0, 0.1) is 0 Å². The molecule has 1 unspecified atom stereocenters. The Morgan fingerprint density at radius 1 is 1.24 bits per heavy atom. The second-order valence-corrected chi connectivity index (χ2v) is 6.57. The normalized spacial score (nSPS) is 16.8. The number of ether oxygens (including phenoxy) is 3. The van der Waals surface area contributed by atoms with Crippen LogP contribution < -0.4 is 14.8 Å². The van der Waals surface area contributed by atoms with Gasteiger partial charge in [0.05, 0.1) is 13.2 Å². The molecule has 2 aromatic carbocycles. The van der Waals surface area contributed by atoms with Crippen LogP contribution in [0.3, 0.4) is 0 Å². The van der Waals surface area contributed by atoms with Crippen LogP contribution in [-0.2, 0) is 17.9 Å². The lowest BCUT2D eigenvalue weighted by Crippen LogP contribution is -2.26. The van der Waals surface area contributed by atoms with Gasteiger partial charge in [-0.2, -0.15) is 0 Å². The molecule has 1 aliphatic rings. The Morgan fingerprint density at radius 2 is 2.12 bits per heavy atom. The van der Waals surface area contributed by atoms with Gasteiger partial charge >= 0.3 is 0 Å². The number of methoxy groups -OCH3 is 1. The highest BCUT2D eigenvalue weighted by Crippen LogP contribution is 2.32. The van der Waals surface area contributed by atoms with E-state index >= 15 is 0 Å². The number of rotatable bonds is 8. The molecule has 3 rings (SSSR count). The van der Waals surface area contributed by atoms with Crippen LogP contribution in [0.1, 0.15) is 24.0 Å². The van der Waals surface area contributed by atoms with Gasteiger partial charge in [-0.15, -0.1) is 0 Å². The lowest BCUT2D eigenvalue weighted by atomic mass is 10.1. The van der Waals surface area contributed by atoms with E-state index < -0.39 is 0 Å². The summed E-state index contributed by atoms with van der Waals surface area (Å²) in [7, 11) is 1.66. The molecule has 2 aromatic rings. The first-order valence-corrected chi connectivity index (χ1v) is 8.99. The van der Waals surface area contributed by atoms with Gasteiger partial charge in [-0.05, 0) is 36.6 Å². The minimum Gasteiger partial charge on any atom is -0.493 e. The highest BCUT2D eigenvalue weighted by atomic mass is 35.5. The first-order valence-electron chi connectivity index (χ1n) is 8.61. The van der Waals surface area contributed by atoms with Gasteiger partial charge < -0.3 is 19.5 Å². The molecule has 1 heterocycles. The molecule has 134 valence electrons. The fourth-order valence-electron chi connectivity index (χ4n) is 2.98. The van der Waals surface area contributed by atoms with E-state index in [2.05, 4.69) is 11.4 Å². The van der Waals surface area contributed by atoms with E-state index in [0.717, 1.165) is 48.6 Å². The molecule has 25 heavy (non-hydrogen) atoms. The molecule has 1 N–H and O–H groups in total. The molecule has 0 saturated carbocycles. The van der Waals surface area contributed by atoms with Crippen molar-refractivity contribution in [3.63, 3.8) is 0 Å². The minimum atomic E-state index is 0.321. The van der Waals surface area contributed by atoms with E-state index in [-0.39, 0.29) is 0 Å². The van der Waals surface area contributed by atoms with Gasteiger partial charge in [0.25, 0.3) is 0 Å². The largest absolute Gasteiger partial charge is 0.493 e. The number of hydrogen-bond acceptors (Lipinski definition) is 4. The zero-order valence-electron chi connectivity index (χ0n) is 14.5. The molecule has 0 spiro atoms. The van der Waals surface area contributed by atoms with E-state index in [1.807, 2.05) is 36.4 Å². The minimum absolute atomic E-state index is 0.321. The van der Waals surface area contributed by atoms with Crippen molar-refractivity contribution < 1.29 is 14.2 Å². The van der Waals surface area contributed by atoms with Crippen molar-refractivity contribution in [3.8, 4) is 11.5 Å². The first kappa shape index (κ1) is 18.1. The van der Waals surface area contributed by atoms with Crippen LogP contribution in [0.5, 0.6) is 11.5 Å². The lowest BCUT2D eigenvalue weighted by molar-refractivity contribution is 0.110. The summed E-state index contributed by atoms with van der Waals surface area (Å²) in [4.78, 5) is 0. The van der Waals surface area contributed by atoms with E-state index in [4.69, 9.17) is 25.8 Å². The summed E-state index contributed by atoms with van der Waals surface area (Å²) >= 11 is 6.05. The van der Waals surface area contributed by atoms with Crippen molar-refractivity contribution in [2.75, 3.05) is 20.3 Å². The SMILES string of the molecule is COc1cccc(CNCC2CCCO2)c1OCc1cccc(Cl)c1. The van der Waals surface area contributed by atoms with Crippen molar-refractivity contribution in [3.05, 3.63) is 58.6 Å². The second-order valence-electron chi connectivity index (χ2n) is 6.13. The van der Waals surface area contributed by atoms with Crippen LogP contribution >= 0.6 is 11.6 Å². The summed E-state index contributed by atoms with van der Waals surface area (Å²) in [6.07, 6.45) is 2.60. The van der Waals surface area contributed by atoms with Crippen LogP contribution in [0.25, 0.3) is 0 Å². The van der Waals surface area contributed by atoms with Gasteiger partial charge in [0.2, 0.25) is 0 Å². The number of benzene rings is 2. The van der Waals surface area contributed by atoms with Crippen LogP contribution in [0.15, 0.2) is 42.5 Å². The standard InChI is InChI=1S/C20H24ClNO3/c1-23-19-9-3-6-16(12-22-13-18-8-4-10-24-18)20(19)25-14-15-5-2-7-17(21)11-15/h2-3,5-7,9,11,18,22H,4,8,10,12-14H2,1H3. The average Bonchev–Trinajstić information content (AvgIpc) is 3.14. The van der Waals surface area contributed by atoms with Crippen LogP contribution in [0.4, 0.5) is 0 Å². The van der Waals surface area contributed by atoms with Gasteiger partial charge in [-0.25, -0.2) is 0 Å². The van der Waals surface area contributed by atoms with E-state index in [0.29, 0.717) is 24.3 Å². The third kappa shape index (κ3) is 5.11. The molecule has 1 fully saturated rings. The highest BCUT2D eigenvalue weighted by molar-refractivity contribution is 6.30. The smallest absolute Gasteiger partial charge is 0.166 e. The summed E-state index contributed by atoms with van der Waals surface area (Å²) in [6.45, 7) is 2.88. The van der Waals surface area contributed by atoms with E-state index in [1.54, 1.807) is 7.11 Å². The molecule has 0 radical (unpaired) electrons. The Kier molecular flexibility index (Phi) is 6.56. The molecule has 1 saturated heterocycles. The topological polar surface area (TPSA) is 39.7 Å².